The van der Waals surface area contributed by atoms with Crippen molar-refractivity contribution in [2.45, 2.75) is 18.6 Å². The van der Waals surface area contributed by atoms with Gasteiger partial charge in [-0.25, -0.2) is 0 Å². The van der Waals surface area contributed by atoms with E-state index in [-0.39, 0.29) is 0 Å². The van der Waals surface area contributed by atoms with Crippen molar-refractivity contribution >= 4 is 28.1 Å². The highest BCUT2D eigenvalue weighted by molar-refractivity contribution is 8.68. The molecule has 0 spiro atoms. The Morgan fingerprint density at radius 2 is 2.38 bits per heavy atom. The molecular weight excluding hydrogens is 198 g/mol. The van der Waals surface area contributed by atoms with Crippen molar-refractivity contribution in [2.75, 3.05) is 11.9 Å². The van der Waals surface area contributed by atoms with Gasteiger partial charge in [0, 0.05) is 18.0 Å². The van der Waals surface area contributed by atoms with Crippen LogP contribution in [0.1, 0.15) is 17.5 Å². The molecule has 1 aliphatic heterocycles. The summed E-state index contributed by atoms with van der Waals surface area (Å²) >= 11 is 4.16. The summed E-state index contributed by atoms with van der Waals surface area (Å²) in [5, 5.41) is 3.41. The van der Waals surface area contributed by atoms with E-state index in [9.17, 15) is 0 Å². The summed E-state index contributed by atoms with van der Waals surface area (Å²) in [6, 6.07) is 6.67. The predicted molar refractivity (Wildman–Crippen MR) is 63.5 cm³/mol. The van der Waals surface area contributed by atoms with Crippen LogP contribution in [0.5, 0.6) is 0 Å². The zero-order valence-electron chi connectivity index (χ0n) is 7.42. The fourth-order valence-electron chi connectivity index (χ4n) is 1.69. The molecule has 0 fully saturated rings. The lowest BCUT2D eigenvalue weighted by Gasteiger charge is -2.18. The molecule has 1 heterocycles. The molecule has 13 heavy (non-hydrogen) atoms. The smallest absolute Gasteiger partial charge is 0.0372 e. The van der Waals surface area contributed by atoms with Gasteiger partial charge in [0.15, 0.2) is 0 Å². The van der Waals surface area contributed by atoms with Crippen LogP contribution < -0.4 is 5.32 Å². The number of anilines is 1. The monoisotopic (exact) mass is 211 g/mol. The van der Waals surface area contributed by atoms with E-state index in [4.69, 9.17) is 0 Å². The molecule has 0 amide bonds. The van der Waals surface area contributed by atoms with Crippen LogP contribution >= 0.6 is 22.5 Å². The SMILES string of the molecule is SSCc1ccc2c(c1)CCCN2. The van der Waals surface area contributed by atoms with E-state index in [0.717, 1.165) is 12.3 Å². The number of hydrogen-bond acceptors (Lipinski definition) is 3. The summed E-state index contributed by atoms with van der Waals surface area (Å²) in [5.74, 6) is 0.996. The molecule has 0 radical (unpaired) electrons. The summed E-state index contributed by atoms with van der Waals surface area (Å²) in [4.78, 5) is 0. The van der Waals surface area contributed by atoms with Crippen molar-refractivity contribution in [3.63, 3.8) is 0 Å². The first kappa shape index (κ1) is 9.28. The largest absolute Gasteiger partial charge is 0.385 e. The van der Waals surface area contributed by atoms with Crippen molar-refractivity contribution in [3.8, 4) is 0 Å². The van der Waals surface area contributed by atoms with E-state index in [2.05, 4.69) is 35.2 Å². The summed E-state index contributed by atoms with van der Waals surface area (Å²) in [5.41, 5.74) is 4.16. The fraction of sp³-hybridized carbons (Fsp3) is 0.400. The lowest BCUT2D eigenvalue weighted by Crippen LogP contribution is -2.11. The quantitative estimate of drug-likeness (QED) is 0.576. The molecule has 1 N–H and O–H groups in total. The zero-order valence-corrected chi connectivity index (χ0v) is 9.13. The van der Waals surface area contributed by atoms with Gasteiger partial charge in [-0.05, 0) is 30.0 Å². The van der Waals surface area contributed by atoms with Gasteiger partial charge in [-0.1, -0.05) is 22.9 Å². The van der Waals surface area contributed by atoms with Gasteiger partial charge in [0.25, 0.3) is 0 Å². The van der Waals surface area contributed by atoms with Crippen molar-refractivity contribution in [1.82, 2.24) is 0 Å². The number of aryl methyl sites for hydroxylation is 1. The molecular formula is C10H13NS2. The van der Waals surface area contributed by atoms with Gasteiger partial charge in [0.05, 0.1) is 0 Å². The van der Waals surface area contributed by atoms with Gasteiger partial charge in [0.1, 0.15) is 0 Å². The molecule has 0 saturated carbocycles. The van der Waals surface area contributed by atoms with Crippen LogP contribution in [0, 0.1) is 0 Å². The first-order valence-corrected chi connectivity index (χ1v) is 6.56. The minimum Gasteiger partial charge on any atom is -0.385 e. The number of nitrogens with one attached hydrogen (secondary N) is 1. The molecule has 0 aromatic heterocycles. The fourth-order valence-corrected chi connectivity index (χ4v) is 2.47. The van der Waals surface area contributed by atoms with E-state index in [1.165, 1.54) is 29.7 Å². The average Bonchev–Trinajstić information content (AvgIpc) is 2.18. The lowest BCUT2D eigenvalue weighted by molar-refractivity contribution is 0.829. The molecule has 70 valence electrons. The maximum absolute atomic E-state index is 4.16. The molecule has 1 aromatic carbocycles. The number of benzene rings is 1. The summed E-state index contributed by atoms with van der Waals surface area (Å²) < 4.78 is 0. The standard InChI is InChI=1S/C10H13NS2/c12-13-7-8-3-4-10-9(6-8)2-1-5-11-10/h3-4,6,11-12H,1-2,5,7H2. The van der Waals surface area contributed by atoms with Gasteiger partial charge in [0.2, 0.25) is 0 Å². The predicted octanol–water partition coefficient (Wildman–Crippen LogP) is 3.12. The topological polar surface area (TPSA) is 12.0 Å². The van der Waals surface area contributed by atoms with Crippen LogP contribution in [0.4, 0.5) is 5.69 Å². The van der Waals surface area contributed by atoms with Crippen LogP contribution in [0.3, 0.4) is 0 Å². The van der Waals surface area contributed by atoms with Crippen LogP contribution in [-0.2, 0) is 12.2 Å². The molecule has 0 unspecified atom stereocenters. The van der Waals surface area contributed by atoms with Gasteiger partial charge >= 0.3 is 0 Å². The van der Waals surface area contributed by atoms with E-state index >= 15 is 0 Å². The van der Waals surface area contributed by atoms with E-state index in [1.807, 2.05) is 0 Å². The molecule has 0 bridgehead atoms. The van der Waals surface area contributed by atoms with E-state index in [1.54, 1.807) is 10.8 Å². The second kappa shape index (κ2) is 4.29. The number of fused-ring (bicyclic) bond motifs is 1. The number of hydrogen-bond donors (Lipinski definition) is 2. The Hall–Kier alpha value is -0.280. The Balaban J connectivity index is 2.24. The van der Waals surface area contributed by atoms with Crippen molar-refractivity contribution in [1.29, 1.82) is 0 Å². The number of thiol groups is 1. The molecule has 0 saturated heterocycles. The third-order valence-corrected chi connectivity index (χ3v) is 3.19. The second-order valence-corrected chi connectivity index (χ2v) is 4.62. The van der Waals surface area contributed by atoms with Crippen LogP contribution in [0.2, 0.25) is 0 Å². The average molecular weight is 211 g/mol. The van der Waals surface area contributed by atoms with Crippen molar-refractivity contribution in [3.05, 3.63) is 29.3 Å². The first-order chi connectivity index (χ1) is 6.40. The molecule has 0 atom stereocenters. The van der Waals surface area contributed by atoms with Crippen LogP contribution in [-0.4, -0.2) is 6.54 Å². The van der Waals surface area contributed by atoms with Crippen molar-refractivity contribution in [2.24, 2.45) is 0 Å². The van der Waals surface area contributed by atoms with Gasteiger partial charge < -0.3 is 5.32 Å². The van der Waals surface area contributed by atoms with Crippen LogP contribution in [0.25, 0.3) is 0 Å². The minimum atomic E-state index is 0.996. The molecule has 1 nitrogen and oxygen atoms in total. The molecule has 2 rings (SSSR count). The minimum absolute atomic E-state index is 0.996. The summed E-state index contributed by atoms with van der Waals surface area (Å²) in [6.45, 7) is 1.12. The summed E-state index contributed by atoms with van der Waals surface area (Å²) in [7, 11) is 1.58. The Kier molecular flexibility index (Phi) is 3.06. The Morgan fingerprint density at radius 3 is 3.23 bits per heavy atom. The third-order valence-electron chi connectivity index (χ3n) is 2.34. The van der Waals surface area contributed by atoms with E-state index < -0.39 is 0 Å². The molecule has 0 aliphatic carbocycles. The molecule has 1 aliphatic rings. The maximum Gasteiger partial charge on any atom is 0.0372 e. The normalized spacial score (nSPS) is 14.8. The summed E-state index contributed by atoms with van der Waals surface area (Å²) in [6.07, 6.45) is 2.47. The first-order valence-electron chi connectivity index (χ1n) is 4.52. The van der Waals surface area contributed by atoms with E-state index in [0.29, 0.717) is 0 Å². The van der Waals surface area contributed by atoms with Gasteiger partial charge in [-0.15, -0.1) is 11.7 Å². The molecule has 3 heteroatoms. The van der Waals surface area contributed by atoms with Crippen molar-refractivity contribution < 1.29 is 0 Å². The van der Waals surface area contributed by atoms with Gasteiger partial charge in [-0.3, -0.25) is 0 Å². The second-order valence-electron chi connectivity index (χ2n) is 3.30. The third kappa shape index (κ3) is 2.15. The highest BCUT2D eigenvalue weighted by Crippen LogP contribution is 2.25. The maximum atomic E-state index is 4.16. The Bertz CT molecular complexity index is 299. The highest BCUT2D eigenvalue weighted by atomic mass is 33.1. The molecule has 1 aromatic rings. The zero-order chi connectivity index (χ0) is 9.10. The number of rotatable bonds is 2. The van der Waals surface area contributed by atoms with Crippen LogP contribution in [0.15, 0.2) is 18.2 Å². The Labute approximate surface area is 88.1 Å². The highest BCUT2D eigenvalue weighted by Gasteiger charge is 2.07. The lowest BCUT2D eigenvalue weighted by atomic mass is 10.0. The Morgan fingerprint density at radius 1 is 1.46 bits per heavy atom. The van der Waals surface area contributed by atoms with Gasteiger partial charge in [-0.2, -0.15) is 0 Å².